The number of amides is 4. The van der Waals surface area contributed by atoms with E-state index >= 15 is 0 Å². The fourth-order valence-corrected chi connectivity index (χ4v) is 10.4. The van der Waals surface area contributed by atoms with Crippen LogP contribution < -0.4 is 20.1 Å². The second-order valence-corrected chi connectivity index (χ2v) is 19.6. The molecule has 6 aliphatic rings. The Morgan fingerprint density at radius 1 is 1.04 bits per heavy atom. The summed E-state index contributed by atoms with van der Waals surface area (Å²) in [5.41, 5.74) is -0.0844. The van der Waals surface area contributed by atoms with Gasteiger partial charge in [0.2, 0.25) is 27.8 Å². The summed E-state index contributed by atoms with van der Waals surface area (Å²) in [6.07, 6.45) is 6.44. The molecule has 4 amide bonds. The molecule has 16 heteroatoms. The van der Waals surface area contributed by atoms with Crippen LogP contribution in [0.25, 0.3) is 10.9 Å². The Balaban J connectivity index is 0.00000228. The summed E-state index contributed by atoms with van der Waals surface area (Å²) in [6, 6.07) is 5.52. The number of benzene rings is 1. The minimum atomic E-state index is -4.02. The number of pyridine rings is 1. The number of rotatable bonds is 5. The van der Waals surface area contributed by atoms with Crippen molar-refractivity contribution >= 4 is 44.7 Å². The predicted molar refractivity (Wildman–Crippen MR) is 211 cm³/mol. The van der Waals surface area contributed by atoms with Gasteiger partial charge in [0.25, 0.3) is 5.91 Å². The van der Waals surface area contributed by atoms with Gasteiger partial charge >= 0.3 is 6.09 Å². The Morgan fingerprint density at radius 3 is 2.54 bits per heavy atom. The number of hydrogen-bond acceptors (Lipinski definition) is 9. The number of sulfonamides is 1. The fraction of sp³-hybridized carbons (Fsp3) is 0.634. The van der Waals surface area contributed by atoms with Crippen molar-refractivity contribution in [2.75, 3.05) is 6.54 Å². The highest BCUT2D eigenvalue weighted by Gasteiger charge is 2.64. The number of nitrogens with one attached hydrogen (secondary N) is 3. The van der Waals surface area contributed by atoms with Crippen LogP contribution in [0.2, 0.25) is 0 Å². The zero-order chi connectivity index (χ0) is 40.4. The SMILES string of the molecule is Cc1nc2ccccc2c2c1O[C@]1(CC2)C[C@H]2C(=O)N[C@]3(C(=O)NS(=O)(=O)C4(C)CC4)C[C@H]3/C=C\CCCCC[C@H](NC(=O)OC3CCC(F)(F)CC3)C(=O)N2C1.[HH].[HH].[HH]. The van der Waals surface area contributed by atoms with Gasteiger partial charge in [-0.15, -0.1) is 0 Å². The number of alkyl carbamates (subject to hydrolysis) is 1. The third-order valence-corrected chi connectivity index (χ3v) is 15.3. The molecular weight excluding hydrogens is 761 g/mol. The quantitative estimate of drug-likeness (QED) is 0.306. The molecule has 1 spiro atoms. The highest BCUT2D eigenvalue weighted by Crippen LogP contribution is 2.49. The second kappa shape index (κ2) is 14.5. The molecule has 3 saturated carbocycles. The minimum Gasteiger partial charge on any atom is -0.483 e. The maximum atomic E-state index is 14.8. The standard InChI is InChI=1S/C41H51F2N5O8S.3H2/c1-25-33-29(28-11-8-9-12-30(28)44-25)16-17-39(56-33)23-32-34(49)46-41(36(51)47-57(53,54)38(2)20-21-38)22-26(41)10-6-4-3-5-7-13-31(35(50)48(32)24-39)45-37(52)55-27-14-18-40(42,43)19-15-27;;;/h6,8-12,26-27,31-32H,3-5,7,13-24H2,1-2H3,(H,45,52)(H,46,49)(H,47,51);3*1H/b10-6-;;;/t26-,31+,32+,39-,41-;;;/m1.../s1. The number of allylic oxidation sites excluding steroid dienone is 1. The van der Waals surface area contributed by atoms with Crippen molar-refractivity contribution in [2.45, 2.75) is 150 Å². The lowest BCUT2D eigenvalue weighted by Crippen LogP contribution is -2.58. The summed E-state index contributed by atoms with van der Waals surface area (Å²) in [7, 11) is -4.02. The topological polar surface area (TPSA) is 173 Å². The molecule has 13 nitrogen and oxygen atoms in total. The molecule has 3 N–H and O–H groups in total. The normalized spacial score (nSPS) is 31.6. The van der Waals surface area contributed by atoms with Crippen molar-refractivity contribution in [3.05, 3.63) is 47.7 Å². The molecular formula is C41H57F2N5O8S. The van der Waals surface area contributed by atoms with Crippen LogP contribution in [0.1, 0.15) is 112 Å². The first-order valence-corrected chi connectivity index (χ1v) is 21.8. The molecule has 0 radical (unpaired) electrons. The van der Waals surface area contributed by atoms with E-state index in [0.717, 1.165) is 22.9 Å². The van der Waals surface area contributed by atoms with Crippen molar-refractivity contribution in [2.24, 2.45) is 5.92 Å². The predicted octanol–water partition coefficient (Wildman–Crippen LogP) is 6.01. The second-order valence-electron chi connectivity index (χ2n) is 17.4. The summed E-state index contributed by atoms with van der Waals surface area (Å²) >= 11 is 0. The van der Waals surface area contributed by atoms with E-state index in [4.69, 9.17) is 14.5 Å². The minimum absolute atomic E-state index is 0. The molecule has 1 aromatic heterocycles. The molecule has 314 valence electrons. The molecule has 4 heterocycles. The zero-order valence-electron chi connectivity index (χ0n) is 32.4. The van der Waals surface area contributed by atoms with Gasteiger partial charge < -0.3 is 25.0 Å². The number of carbonyl (C=O) groups is 4. The van der Waals surface area contributed by atoms with Gasteiger partial charge in [-0.2, -0.15) is 0 Å². The smallest absolute Gasteiger partial charge is 0.408 e. The molecule has 0 bridgehead atoms. The lowest BCUT2D eigenvalue weighted by Gasteiger charge is -2.36. The highest BCUT2D eigenvalue weighted by molar-refractivity contribution is 7.91. The third kappa shape index (κ3) is 7.70. The Labute approximate surface area is 335 Å². The molecule has 3 aliphatic heterocycles. The van der Waals surface area contributed by atoms with Crippen LogP contribution in [0.3, 0.4) is 0 Å². The van der Waals surface area contributed by atoms with Gasteiger partial charge in [0.15, 0.2) is 0 Å². The maximum Gasteiger partial charge on any atom is 0.408 e. The van der Waals surface area contributed by atoms with Gasteiger partial charge in [0, 0.05) is 40.4 Å². The van der Waals surface area contributed by atoms with E-state index in [1.807, 2.05) is 43.3 Å². The number of aromatic nitrogens is 1. The molecule has 57 heavy (non-hydrogen) atoms. The number of alkyl halides is 2. The van der Waals surface area contributed by atoms with Gasteiger partial charge in [0.05, 0.1) is 22.5 Å². The molecule has 1 saturated heterocycles. The molecule has 8 rings (SSSR count). The number of para-hydroxylation sites is 1. The van der Waals surface area contributed by atoms with Crippen molar-refractivity contribution in [3.8, 4) is 5.75 Å². The van der Waals surface area contributed by atoms with Gasteiger partial charge in [-0.05, 0) is 84.1 Å². The third-order valence-electron chi connectivity index (χ3n) is 13.1. The molecule has 4 fully saturated rings. The van der Waals surface area contributed by atoms with Crippen LogP contribution in [0, 0.1) is 12.8 Å². The zero-order valence-corrected chi connectivity index (χ0v) is 33.2. The summed E-state index contributed by atoms with van der Waals surface area (Å²) in [5.74, 6) is -4.66. The molecule has 5 atom stereocenters. The summed E-state index contributed by atoms with van der Waals surface area (Å²) in [6.45, 7) is 3.43. The maximum absolute atomic E-state index is 14.8. The van der Waals surface area contributed by atoms with Gasteiger partial charge in [-0.25, -0.2) is 27.0 Å². The Kier molecular flexibility index (Phi) is 10.0. The number of aryl methyl sites for hydroxylation is 2. The van der Waals surface area contributed by atoms with E-state index in [1.54, 1.807) is 6.92 Å². The Bertz CT molecular complexity index is 2130. The lowest BCUT2D eigenvalue weighted by atomic mass is 9.87. The number of carbonyl (C=O) groups excluding carboxylic acids is 4. The van der Waals surface area contributed by atoms with Crippen molar-refractivity contribution in [1.29, 1.82) is 0 Å². The van der Waals surface area contributed by atoms with E-state index < -0.39 is 92.6 Å². The van der Waals surface area contributed by atoms with Crippen molar-refractivity contribution in [3.63, 3.8) is 0 Å². The van der Waals surface area contributed by atoms with Gasteiger partial charge in [-0.3, -0.25) is 19.1 Å². The van der Waals surface area contributed by atoms with E-state index in [0.29, 0.717) is 56.4 Å². The number of nitrogens with zero attached hydrogens (tertiary/aromatic N) is 2. The van der Waals surface area contributed by atoms with Crippen LogP contribution >= 0.6 is 0 Å². The van der Waals surface area contributed by atoms with Crippen LogP contribution in [0.15, 0.2) is 36.4 Å². The largest absolute Gasteiger partial charge is 0.483 e. The number of ether oxygens (including phenoxy) is 2. The van der Waals surface area contributed by atoms with Crippen LogP contribution in [-0.2, 0) is 35.6 Å². The highest BCUT2D eigenvalue weighted by atomic mass is 32.2. The van der Waals surface area contributed by atoms with E-state index in [9.17, 15) is 36.4 Å². The van der Waals surface area contributed by atoms with Crippen LogP contribution in [0.5, 0.6) is 5.75 Å². The average molecular weight is 818 g/mol. The summed E-state index contributed by atoms with van der Waals surface area (Å²) in [4.78, 5) is 62.9. The summed E-state index contributed by atoms with van der Waals surface area (Å²) < 4.78 is 67.7. The van der Waals surface area contributed by atoms with Crippen LogP contribution in [-0.4, -0.2) is 88.7 Å². The molecule has 3 aliphatic carbocycles. The summed E-state index contributed by atoms with van der Waals surface area (Å²) in [5, 5.41) is 6.58. The number of halogens is 2. The average Bonchev–Trinajstić information content (AvgIpc) is 4.06. The van der Waals surface area contributed by atoms with E-state index in [-0.39, 0.29) is 42.9 Å². The monoisotopic (exact) mass is 817 g/mol. The van der Waals surface area contributed by atoms with E-state index in [1.165, 1.54) is 4.90 Å². The molecule has 0 unspecified atom stereocenters. The Hall–Kier alpha value is -4.34. The number of fused-ring (bicyclic) bond motifs is 5. The first-order chi connectivity index (χ1) is 27.0. The van der Waals surface area contributed by atoms with Crippen molar-refractivity contribution in [1.82, 2.24) is 25.2 Å². The first kappa shape index (κ1) is 39.5. The van der Waals surface area contributed by atoms with Gasteiger partial charge in [0.1, 0.15) is 35.1 Å². The molecule has 1 aromatic carbocycles. The Morgan fingerprint density at radius 2 is 1.79 bits per heavy atom. The first-order valence-electron chi connectivity index (χ1n) is 20.3. The molecule has 2 aromatic rings. The van der Waals surface area contributed by atoms with Crippen LogP contribution in [0.4, 0.5) is 13.6 Å². The number of hydrogen-bond donors (Lipinski definition) is 3. The fourth-order valence-electron chi connectivity index (χ4n) is 9.10. The van der Waals surface area contributed by atoms with Gasteiger partial charge in [-0.1, -0.05) is 43.2 Å². The lowest BCUT2D eigenvalue weighted by molar-refractivity contribution is -0.141. The van der Waals surface area contributed by atoms with Crippen molar-refractivity contribution < 1.29 is 50.1 Å². The van der Waals surface area contributed by atoms with E-state index in [2.05, 4.69) is 15.4 Å².